The van der Waals surface area contributed by atoms with Crippen molar-refractivity contribution in [3.63, 3.8) is 0 Å². The predicted octanol–water partition coefficient (Wildman–Crippen LogP) is 4.50. The highest BCUT2D eigenvalue weighted by Gasteiger charge is 2.27. The second kappa shape index (κ2) is 10.8. The smallest absolute Gasteiger partial charge is 0.262 e. The Balaban J connectivity index is 0.00000289. The van der Waals surface area contributed by atoms with Crippen molar-refractivity contribution in [2.24, 2.45) is 5.73 Å². The molecule has 1 aromatic heterocycles. The molecule has 0 fully saturated rings. The number of halogens is 2. The standard InChI is InChI=1S/C23H22ClN3O3S.ClH/c24-16-6-8-17(9-7-16)30-14-20(28)26-23-21(22(25)29)18-10-11-27(13-19(18)31-23)12-15-4-2-1-3-5-15;/h1-9H,10-14H2,(H2,25,29)(H,26,28);1H. The lowest BCUT2D eigenvalue weighted by molar-refractivity contribution is -0.118. The first kappa shape index (κ1) is 24.1. The van der Waals surface area contributed by atoms with E-state index >= 15 is 0 Å². The van der Waals surface area contributed by atoms with Crippen LogP contribution in [0.3, 0.4) is 0 Å². The summed E-state index contributed by atoms with van der Waals surface area (Å²) in [5.41, 5.74) is 8.25. The van der Waals surface area contributed by atoms with Crippen LogP contribution in [0.15, 0.2) is 54.6 Å². The van der Waals surface area contributed by atoms with Gasteiger partial charge in [-0.2, -0.15) is 0 Å². The fraction of sp³-hybridized carbons (Fsp3) is 0.217. The van der Waals surface area contributed by atoms with Gasteiger partial charge in [0.2, 0.25) is 0 Å². The Hall–Kier alpha value is -2.58. The van der Waals surface area contributed by atoms with Crippen LogP contribution in [0.1, 0.15) is 26.4 Å². The Morgan fingerprint density at radius 2 is 1.84 bits per heavy atom. The molecule has 2 heterocycles. The average molecular weight is 492 g/mol. The molecule has 0 aliphatic carbocycles. The number of nitrogens with one attached hydrogen (secondary N) is 1. The third kappa shape index (κ3) is 5.81. The van der Waals surface area contributed by atoms with E-state index in [0.29, 0.717) is 34.3 Å². The molecular weight excluding hydrogens is 469 g/mol. The Morgan fingerprint density at radius 3 is 2.53 bits per heavy atom. The normalized spacial score (nSPS) is 13.0. The maximum absolute atomic E-state index is 12.4. The molecule has 0 saturated carbocycles. The number of ether oxygens (including phenoxy) is 1. The minimum absolute atomic E-state index is 0. The molecule has 0 bridgehead atoms. The number of hydrogen-bond donors (Lipinski definition) is 2. The maximum atomic E-state index is 12.4. The van der Waals surface area contributed by atoms with E-state index in [1.54, 1.807) is 24.3 Å². The van der Waals surface area contributed by atoms with Crippen molar-refractivity contribution < 1.29 is 14.3 Å². The highest BCUT2D eigenvalue weighted by atomic mass is 35.5. The molecule has 3 N–H and O–H groups in total. The first-order valence-corrected chi connectivity index (χ1v) is 11.1. The summed E-state index contributed by atoms with van der Waals surface area (Å²) >= 11 is 7.26. The van der Waals surface area contributed by atoms with Crippen LogP contribution in [0, 0.1) is 0 Å². The zero-order valence-electron chi connectivity index (χ0n) is 17.2. The molecule has 0 unspecified atom stereocenters. The van der Waals surface area contributed by atoms with Gasteiger partial charge in [0.15, 0.2) is 6.61 Å². The molecule has 1 aliphatic heterocycles. The quantitative estimate of drug-likeness (QED) is 0.509. The topological polar surface area (TPSA) is 84.7 Å². The van der Waals surface area contributed by atoms with Crippen LogP contribution in [-0.4, -0.2) is 29.9 Å². The van der Waals surface area contributed by atoms with Crippen molar-refractivity contribution in [2.75, 3.05) is 18.5 Å². The summed E-state index contributed by atoms with van der Waals surface area (Å²) in [5, 5.41) is 3.89. The van der Waals surface area contributed by atoms with E-state index in [1.165, 1.54) is 16.9 Å². The van der Waals surface area contributed by atoms with Gasteiger partial charge in [0.1, 0.15) is 10.8 Å². The number of thiophene rings is 1. The summed E-state index contributed by atoms with van der Waals surface area (Å²) in [5.74, 6) is -0.336. The number of fused-ring (bicyclic) bond motifs is 1. The van der Waals surface area contributed by atoms with Gasteiger partial charge in [-0.3, -0.25) is 14.5 Å². The van der Waals surface area contributed by atoms with Crippen LogP contribution in [0.5, 0.6) is 5.75 Å². The van der Waals surface area contributed by atoms with Crippen LogP contribution < -0.4 is 15.8 Å². The summed E-state index contributed by atoms with van der Waals surface area (Å²) in [6.45, 7) is 2.20. The molecule has 0 spiro atoms. The van der Waals surface area contributed by atoms with Gasteiger partial charge < -0.3 is 15.8 Å². The number of primary amides is 1. The lowest BCUT2D eigenvalue weighted by Crippen LogP contribution is -2.30. The van der Waals surface area contributed by atoms with Crippen LogP contribution in [-0.2, 0) is 24.3 Å². The molecule has 1 aliphatic rings. The van der Waals surface area contributed by atoms with E-state index < -0.39 is 5.91 Å². The summed E-state index contributed by atoms with van der Waals surface area (Å²) in [6, 6.07) is 17.0. The number of nitrogens with two attached hydrogens (primary N) is 1. The lowest BCUT2D eigenvalue weighted by atomic mass is 10.0. The van der Waals surface area contributed by atoms with Gasteiger partial charge in [0.05, 0.1) is 5.56 Å². The van der Waals surface area contributed by atoms with Crippen molar-refractivity contribution in [1.29, 1.82) is 0 Å². The molecule has 2 amide bonds. The SMILES string of the molecule is Cl.NC(=O)c1c(NC(=O)COc2ccc(Cl)cc2)sc2c1CCN(Cc1ccccc1)C2. The van der Waals surface area contributed by atoms with Gasteiger partial charge in [-0.05, 0) is 41.8 Å². The minimum atomic E-state index is -0.525. The number of anilines is 1. The van der Waals surface area contributed by atoms with Crippen LogP contribution in [0.4, 0.5) is 5.00 Å². The first-order valence-electron chi connectivity index (χ1n) is 9.88. The van der Waals surface area contributed by atoms with Gasteiger partial charge in [-0.15, -0.1) is 23.7 Å². The van der Waals surface area contributed by atoms with Gasteiger partial charge in [0.25, 0.3) is 11.8 Å². The summed E-state index contributed by atoms with van der Waals surface area (Å²) < 4.78 is 5.49. The summed E-state index contributed by atoms with van der Waals surface area (Å²) in [7, 11) is 0. The molecule has 168 valence electrons. The Labute approximate surface area is 201 Å². The number of carbonyl (C=O) groups excluding carboxylic acids is 2. The highest BCUT2D eigenvalue weighted by molar-refractivity contribution is 7.17. The Kier molecular flexibility index (Phi) is 8.15. The van der Waals surface area contributed by atoms with Crippen molar-refractivity contribution in [3.8, 4) is 5.75 Å². The molecular formula is C23H23Cl2N3O3S. The van der Waals surface area contributed by atoms with E-state index in [2.05, 4.69) is 22.3 Å². The van der Waals surface area contributed by atoms with E-state index in [-0.39, 0.29) is 24.9 Å². The van der Waals surface area contributed by atoms with E-state index in [9.17, 15) is 9.59 Å². The monoisotopic (exact) mass is 491 g/mol. The molecule has 0 saturated heterocycles. The second-order valence-corrected chi connectivity index (χ2v) is 8.85. The molecule has 0 radical (unpaired) electrons. The third-order valence-electron chi connectivity index (χ3n) is 5.07. The average Bonchev–Trinajstić information content (AvgIpc) is 3.11. The Bertz CT molecular complexity index is 1090. The Morgan fingerprint density at radius 1 is 1.12 bits per heavy atom. The van der Waals surface area contributed by atoms with Crippen molar-refractivity contribution in [2.45, 2.75) is 19.5 Å². The first-order chi connectivity index (χ1) is 15.0. The number of benzene rings is 2. The predicted molar refractivity (Wildman–Crippen MR) is 130 cm³/mol. The number of carbonyl (C=O) groups is 2. The number of nitrogens with zero attached hydrogens (tertiary/aromatic N) is 1. The molecule has 3 aromatic rings. The van der Waals surface area contributed by atoms with Crippen molar-refractivity contribution >= 4 is 52.2 Å². The second-order valence-electron chi connectivity index (χ2n) is 7.31. The molecule has 9 heteroatoms. The highest BCUT2D eigenvalue weighted by Crippen LogP contribution is 2.37. The maximum Gasteiger partial charge on any atom is 0.262 e. The lowest BCUT2D eigenvalue weighted by Gasteiger charge is -2.27. The zero-order valence-corrected chi connectivity index (χ0v) is 19.6. The third-order valence-corrected chi connectivity index (χ3v) is 6.45. The van der Waals surface area contributed by atoms with E-state index in [0.717, 1.165) is 23.5 Å². The van der Waals surface area contributed by atoms with Crippen LogP contribution >= 0.6 is 35.3 Å². The summed E-state index contributed by atoms with van der Waals surface area (Å²) in [4.78, 5) is 28.0. The zero-order chi connectivity index (χ0) is 21.8. The molecule has 32 heavy (non-hydrogen) atoms. The van der Waals surface area contributed by atoms with E-state index in [1.807, 2.05) is 18.2 Å². The summed E-state index contributed by atoms with van der Waals surface area (Å²) in [6.07, 6.45) is 0.716. The van der Waals surface area contributed by atoms with Gasteiger partial charge in [0, 0.05) is 29.5 Å². The largest absolute Gasteiger partial charge is 0.484 e. The number of hydrogen-bond acceptors (Lipinski definition) is 5. The van der Waals surface area contributed by atoms with Gasteiger partial charge >= 0.3 is 0 Å². The molecule has 6 nitrogen and oxygen atoms in total. The molecule has 0 atom stereocenters. The fourth-order valence-corrected chi connectivity index (χ4v) is 5.06. The number of rotatable bonds is 7. The number of amides is 2. The molecule has 4 rings (SSSR count). The van der Waals surface area contributed by atoms with Gasteiger partial charge in [-0.1, -0.05) is 41.9 Å². The van der Waals surface area contributed by atoms with Crippen molar-refractivity contribution in [3.05, 3.63) is 81.2 Å². The van der Waals surface area contributed by atoms with Crippen LogP contribution in [0.2, 0.25) is 5.02 Å². The molecule has 2 aromatic carbocycles. The van der Waals surface area contributed by atoms with Crippen molar-refractivity contribution in [1.82, 2.24) is 4.90 Å². The minimum Gasteiger partial charge on any atom is -0.484 e. The van der Waals surface area contributed by atoms with Gasteiger partial charge in [-0.25, -0.2) is 0 Å². The van der Waals surface area contributed by atoms with E-state index in [4.69, 9.17) is 22.1 Å². The van der Waals surface area contributed by atoms with Crippen LogP contribution in [0.25, 0.3) is 0 Å². The fourth-order valence-electron chi connectivity index (χ4n) is 3.62.